The molecule has 4 heteroatoms. The summed E-state index contributed by atoms with van der Waals surface area (Å²) >= 11 is 0. The van der Waals surface area contributed by atoms with Gasteiger partial charge in [0, 0.05) is 11.8 Å². The molecule has 4 nitrogen and oxygen atoms in total. The van der Waals surface area contributed by atoms with E-state index >= 15 is 0 Å². The highest BCUT2D eigenvalue weighted by Crippen LogP contribution is 2.20. The summed E-state index contributed by atoms with van der Waals surface area (Å²) in [5, 5.41) is 3.34. The lowest BCUT2D eigenvalue weighted by Gasteiger charge is -2.17. The highest BCUT2D eigenvalue weighted by molar-refractivity contribution is 5.49. The van der Waals surface area contributed by atoms with Crippen molar-refractivity contribution in [3.05, 3.63) is 24.3 Å². The van der Waals surface area contributed by atoms with Crippen molar-refractivity contribution < 1.29 is 9.47 Å². The van der Waals surface area contributed by atoms with Crippen molar-refractivity contribution in [1.29, 1.82) is 0 Å². The van der Waals surface area contributed by atoms with E-state index in [-0.39, 0.29) is 12.3 Å². The maximum atomic E-state index is 5.78. The molecule has 1 saturated heterocycles. The molecule has 0 aliphatic carbocycles. The number of methoxy groups -OCH3 is 1. The number of nitrogens with two attached hydrogens (primary N) is 1. The topological polar surface area (TPSA) is 56.5 Å². The fourth-order valence-corrected chi connectivity index (χ4v) is 1.69. The van der Waals surface area contributed by atoms with Crippen LogP contribution < -0.4 is 15.8 Å². The third-order valence-electron chi connectivity index (χ3n) is 2.56. The Balaban J connectivity index is 2.03. The molecular formula is C11H16N2O2. The summed E-state index contributed by atoms with van der Waals surface area (Å²) in [5.74, 6) is 0.840. The predicted molar refractivity (Wildman–Crippen MR) is 58.9 cm³/mol. The Morgan fingerprint density at radius 2 is 2.40 bits per heavy atom. The zero-order valence-corrected chi connectivity index (χ0v) is 8.77. The van der Waals surface area contributed by atoms with Crippen LogP contribution in [0.4, 0.5) is 5.69 Å². The number of rotatable bonds is 3. The summed E-state index contributed by atoms with van der Waals surface area (Å²) in [5.41, 5.74) is 6.80. The van der Waals surface area contributed by atoms with Crippen LogP contribution in [0.2, 0.25) is 0 Å². The Labute approximate surface area is 89.4 Å². The number of hydrogen-bond acceptors (Lipinski definition) is 4. The molecule has 2 unspecified atom stereocenters. The minimum atomic E-state index is -0.212. The Morgan fingerprint density at radius 3 is 3.07 bits per heavy atom. The maximum Gasteiger partial charge on any atom is 0.126 e. The molecule has 1 aliphatic heterocycles. The Hall–Kier alpha value is -1.26. The quantitative estimate of drug-likeness (QED) is 0.783. The SMILES string of the molecule is COc1cccc(NC2CCOC2N)c1. The summed E-state index contributed by atoms with van der Waals surface area (Å²) in [6.07, 6.45) is 0.731. The molecule has 2 rings (SSSR count). The van der Waals surface area contributed by atoms with Crippen LogP contribution in [0.25, 0.3) is 0 Å². The third kappa shape index (κ3) is 2.40. The highest BCUT2D eigenvalue weighted by atomic mass is 16.5. The molecule has 1 heterocycles. The van der Waals surface area contributed by atoms with Crippen LogP contribution in [0.15, 0.2) is 24.3 Å². The first-order chi connectivity index (χ1) is 7.29. The number of hydrogen-bond donors (Lipinski definition) is 2. The molecule has 0 amide bonds. The highest BCUT2D eigenvalue weighted by Gasteiger charge is 2.24. The van der Waals surface area contributed by atoms with Crippen molar-refractivity contribution in [2.24, 2.45) is 5.73 Å². The molecule has 1 aromatic rings. The van der Waals surface area contributed by atoms with Gasteiger partial charge in [0.2, 0.25) is 0 Å². The Bertz CT molecular complexity index is 330. The van der Waals surface area contributed by atoms with Crippen LogP contribution in [0.5, 0.6) is 5.75 Å². The molecule has 0 radical (unpaired) electrons. The summed E-state index contributed by atoms with van der Waals surface area (Å²) in [6, 6.07) is 7.99. The number of benzene rings is 1. The lowest BCUT2D eigenvalue weighted by molar-refractivity contribution is 0.112. The first kappa shape index (κ1) is 10.3. The van der Waals surface area contributed by atoms with Gasteiger partial charge in [-0.2, -0.15) is 0 Å². The molecule has 0 spiro atoms. The normalized spacial score (nSPS) is 25.2. The average molecular weight is 208 g/mol. The third-order valence-corrected chi connectivity index (χ3v) is 2.56. The molecule has 0 bridgehead atoms. The van der Waals surface area contributed by atoms with Gasteiger partial charge in [0.25, 0.3) is 0 Å². The number of anilines is 1. The second-order valence-corrected chi connectivity index (χ2v) is 3.61. The van der Waals surface area contributed by atoms with Gasteiger partial charge in [0.15, 0.2) is 0 Å². The Morgan fingerprint density at radius 1 is 1.53 bits per heavy atom. The molecule has 1 aliphatic rings. The first-order valence-corrected chi connectivity index (χ1v) is 5.07. The number of nitrogens with one attached hydrogen (secondary N) is 1. The first-order valence-electron chi connectivity index (χ1n) is 5.07. The minimum absolute atomic E-state index is 0.192. The van der Waals surface area contributed by atoms with Gasteiger partial charge in [0.05, 0.1) is 19.8 Å². The zero-order chi connectivity index (χ0) is 10.7. The van der Waals surface area contributed by atoms with E-state index in [4.69, 9.17) is 15.2 Å². The standard InChI is InChI=1S/C11H16N2O2/c1-14-9-4-2-3-8(7-9)13-10-5-6-15-11(10)12/h2-4,7,10-11,13H,5-6,12H2,1H3. The monoisotopic (exact) mass is 208 g/mol. The fourth-order valence-electron chi connectivity index (χ4n) is 1.69. The summed E-state index contributed by atoms with van der Waals surface area (Å²) < 4.78 is 10.4. The van der Waals surface area contributed by atoms with E-state index in [9.17, 15) is 0 Å². The van der Waals surface area contributed by atoms with Crippen LogP contribution in [0, 0.1) is 0 Å². The van der Waals surface area contributed by atoms with E-state index in [2.05, 4.69) is 5.32 Å². The molecule has 15 heavy (non-hydrogen) atoms. The second kappa shape index (κ2) is 4.51. The molecule has 1 aromatic carbocycles. The maximum absolute atomic E-state index is 5.78. The summed E-state index contributed by atoms with van der Waals surface area (Å²) in [7, 11) is 1.66. The Kier molecular flexibility index (Phi) is 3.08. The van der Waals surface area contributed by atoms with Crippen molar-refractivity contribution >= 4 is 5.69 Å². The summed E-state index contributed by atoms with van der Waals surface area (Å²) in [4.78, 5) is 0. The molecule has 1 fully saturated rings. The van der Waals surface area contributed by atoms with Crippen molar-refractivity contribution in [1.82, 2.24) is 0 Å². The van der Waals surface area contributed by atoms with E-state index in [0.29, 0.717) is 0 Å². The second-order valence-electron chi connectivity index (χ2n) is 3.61. The van der Waals surface area contributed by atoms with Crippen molar-refractivity contribution in [2.45, 2.75) is 18.7 Å². The van der Waals surface area contributed by atoms with Crippen LogP contribution in [-0.4, -0.2) is 26.0 Å². The van der Waals surface area contributed by atoms with Gasteiger partial charge in [-0.05, 0) is 18.6 Å². The lowest BCUT2D eigenvalue weighted by atomic mass is 10.2. The van der Waals surface area contributed by atoms with Crippen molar-refractivity contribution in [3.63, 3.8) is 0 Å². The van der Waals surface area contributed by atoms with E-state index in [1.165, 1.54) is 0 Å². The molecule has 82 valence electrons. The van der Waals surface area contributed by atoms with Crippen molar-refractivity contribution in [2.75, 3.05) is 19.0 Å². The minimum Gasteiger partial charge on any atom is -0.497 e. The molecule has 3 N–H and O–H groups in total. The van der Waals surface area contributed by atoms with Gasteiger partial charge in [0.1, 0.15) is 12.0 Å². The largest absolute Gasteiger partial charge is 0.497 e. The predicted octanol–water partition coefficient (Wildman–Crippen LogP) is 1.18. The average Bonchev–Trinajstić information content (AvgIpc) is 2.65. The van der Waals surface area contributed by atoms with Crippen LogP contribution in [0.3, 0.4) is 0 Å². The molecular weight excluding hydrogens is 192 g/mol. The molecule has 0 saturated carbocycles. The van der Waals surface area contributed by atoms with E-state index < -0.39 is 0 Å². The van der Waals surface area contributed by atoms with Gasteiger partial charge in [-0.15, -0.1) is 0 Å². The van der Waals surface area contributed by atoms with E-state index in [1.807, 2.05) is 24.3 Å². The van der Waals surface area contributed by atoms with Crippen LogP contribution in [-0.2, 0) is 4.74 Å². The van der Waals surface area contributed by atoms with Gasteiger partial charge < -0.3 is 20.5 Å². The van der Waals surface area contributed by atoms with Gasteiger partial charge in [-0.25, -0.2) is 0 Å². The smallest absolute Gasteiger partial charge is 0.126 e. The van der Waals surface area contributed by atoms with E-state index in [0.717, 1.165) is 24.5 Å². The number of ether oxygens (including phenoxy) is 2. The summed E-state index contributed by atoms with van der Waals surface area (Å²) in [6.45, 7) is 0.725. The van der Waals surface area contributed by atoms with Gasteiger partial charge >= 0.3 is 0 Å². The fraction of sp³-hybridized carbons (Fsp3) is 0.455. The van der Waals surface area contributed by atoms with E-state index in [1.54, 1.807) is 7.11 Å². The molecule has 2 atom stereocenters. The van der Waals surface area contributed by atoms with Gasteiger partial charge in [-0.3, -0.25) is 0 Å². The molecule has 0 aromatic heterocycles. The van der Waals surface area contributed by atoms with Crippen LogP contribution >= 0.6 is 0 Å². The lowest BCUT2D eigenvalue weighted by Crippen LogP contribution is -2.36. The zero-order valence-electron chi connectivity index (χ0n) is 8.77. The van der Waals surface area contributed by atoms with Crippen LogP contribution in [0.1, 0.15) is 6.42 Å². The van der Waals surface area contributed by atoms with Crippen molar-refractivity contribution in [3.8, 4) is 5.75 Å². The van der Waals surface area contributed by atoms with Gasteiger partial charge in [-0.1, -0.05) is 6.07 Å².